The lowest BCUT2D eigenvalue weighted by atomic mass is 9.85. The summed E-state index contributed by atoms with van der Waals surface area (Å²) in [4.78, 5) is 0. The third-order valence-corrected chi connectivity index (χ3v) is 10.3. The second-order valence-electron chi connectivity index (χ2n) is 12.8. The minimum absolute atomic E-state index is 0.836. The van der Waals surface area contributed by atoms with Crippen LogP contribution in [0.15, 0.2) is 173 Å². The van der Waals surface area contributed by atoms with Crippen LogP contribution in [0.3, 0.4) is 0 Å². The van der Waals surface area contributed by atoms with Crippen LogP contribution >= 0.6 is 0 Å². The van der Waals surface area contributed by atoms with Crippen LogP contribution in [-0.4, -0.2) is 4.57 Å². The lowest BCUT2D eigenvalue weighted by Crippen LogP contribution is -1.93. The third-order valence-electron chi connectivity index (χ3n) is 10.3. The minimum Gasteiger partial charge on any atom is -0.464 e. The maximum absolute atomic E-state index is 6.47. The van der Waals surface area contributed by atoms with Crippen LogP contribution in [0.25, 0.3) is 104 Å². The van der Waals surface area contributed by atoms with Gasteiger partial charge in [-0.1, -0.05) is 103 Å². The fraction of sp³-hybridized carbons (Fsp3) is 0. The fourth-order valence-corrected chi connectivity index (χ4v) is 8.25. The van der Waals surface area contributed by atoms with Gasteiger partial charge in [0.15, 0.2) is 0 Å². The zero-order chi connectivity index (χ0) is 32.1. The number of para-hydroxylation sites is 2. The summed E-state index contributed by atoms with van der Waals surface area (Å²) in [6.07, 6.45) is 1.75. The minimum atomic E-state index is 0.836. The highest BCUT2D eigenvalue weighted by atomic mass is 16.3. The average molecular weight is 626 g/mol. The van der Waals surface area contributed by atoms with Gasteiger partial charge in [-0.15, -0.1) is 0 Å². The second kappa shape index (κ2) is 9.96. The Morgan fingerprint density at radius 1 is 0.429 bits per heavy atom. The van der Waals surface area contributed by atoms with Crippen molar-refractivity contribution in [1.82, 2.24) is 4.57 Å². The topological polar surface area (TPSA) is 31.2 Å². The highest BCUT2D eigenvalue weighted by Gasteiger charge is 2.22. The molecule has 0 unspecified atom stereocenters. The van der Waals surface area contributed by atoms with E-state index in [0.29, 0.717) is 0 Å². The summed E-state index contributed by atoms with van der Waals surface area (Å²) in [5, 5.41) is 10.5. The predicted molar refractivity (Wildman–Crippen MR) is 204 cm³/mol. The van der Waals surface area contributed by atoms with E-state index >= 15 is 0 Å². The summed E-state index contributed by atoms with van der Waals surface area (Å²) in [6, 6.07) is 56.7. The van der Waals surface area contributed by atoms with Gasteiger partial charge in [-0.05, 0) is 98.4 Å². The second-order valence-corrected chi connectivity index (χ2v) is 12.8. The molecule has 0 spiro atoms. The number of hydrogen-bond acceptors (Lipinski definition) is 2. The molecule has 11 aromatic rings. The number of nitrogens with zero attached hydrogens (tertiary/aromatic N) is 1. The molecule has 0 atom stereocenters. The van der Waals surface area contributed by atoms with Gasteiger partial charge < -0.3 is 13.4 Å². The summed E-state index contributed by atoms with van der Waals surface area (Å²) in [6.45, 7) is 0. The molecule has 3 heterocycles. The summed E-state index contributed by atoms with van der Waals surface area (Å²) >= 11 is 0. The quantitative estimate of drug-likeness (QED) is 0.183. The Morgan fingerprint density at radius 3 is 1.88 bits per heavy atom. The lowest BCUT2D eigenvalue weighted by Gasteiger charge is -2.18. The summed E-state index contributed by atoms with van der Waals surface area (Å²) in [5.41, 5.74) is 10.9. The molecule has 0 aliphatic carbocycles. The van der Waals surface area contributed by atoms with E-state index in [2.05, 4.69) is 150 Å². The van der Waals surface area contributed by atoms with Crippen LogP contribution in [0.4, 0.5) is 0 Å². The molecule has 0 radical (unpaired) electrons. The first-order chi connectivity index (χ1) is 24.3. The SMILES string of the molecule is c1ccc(-n2c3ccccc3c3c(-c4c5ccccc5c(-c5ccc6c(c5)oc5ccc7ccoc7c56)c5ccccc45)cccc32)cc1. The van der Waals surface area contributed by atoms with Crippen molar-refractivity contribution in [3.63, 3.8) is 0 Å². The zero-order valence-electron chi connectivity index (χ0n) is 26.4. The van der Waals surface area contributed by atoms with E-state index < -0.39 is 0 Å². The molecule has 228 valence electrons. The average Bonchev–Trinajstić information content (AvgIpc) is 3.87. The van der Waals surface area contributed by atoms with Crippen LogP contribution in [0.2, 0.25) is 0 Å². The van der Waals surface area contributed by atoms with Crippen molar-refractivity contribution in [2.45, 2.75) is 0 Å². The first-order valence-electron chi connectivity index (χ1n) is 16.7. The summed E-state index contributed by atoms with van der Waals surface area (Å²) in [7, 11) is 0. The number of hydrogen-bond donors (Lipinski definition) is 0. The van der Waals surface area contributed by atoms with Crippen molar-refractivity contribution in [3.8, 4) is 27.9 Å². The number of rotatable bonds is 3. The van der Waals surface area contributed by atoms with Gasteiger partial charge in [-0.2, -0.15) is 0 Å². The largest absolute Gasteiger partial charge is 0.464 e. The van der Waals surface area contributed by atoms with Crippen molar-refractivity contribution in [2.75, 3.05) is 0 Å². The van der Waals surface area contributed by atoms with Crippen molar-refractivity contribution >= 4 is 76.3 Å². The normalized spacial score (nSPS) is 12.1. The Labute approximate surface area is 280 Å². The maximum atomic E-state index is 6.47. The maximum Gasteiger partial charge on any atom is 0.145 e. The lowest BCUT2D eigenvalue weighted by molar-refractivity contribution is 0.618. The van der Waals surface area contributed by atoms with Crippen molar-refractivity contribution in [3.05, 3.63) is 164 Å². The smallest absolute Gasteiger partial charge is 0.145 e. The summed E-state index contributed by atoms with van der Waals surface area (Å²) in [5.74, 6) is 0. The van der Waals surface area contributed by atoms with Crippen molar-refractivity contribution in [1.29, 1.82) is 0 Å². The molecule has 3 heteroatoms. The van der Waals surface area contributed by atoms with Gasteiger partial charge in [0, 0.05) is 27.2 Å². The monoisotopic (exact) mass is 625 g/mol. The molecule has 0 aliphatic heterocycles. The standard InChI is InChI=1S/C46H27NO2/c1-2-11-30(12-3-1)47-38-19-9-8-17-35(38)44-37(18-10-20-39(44)47)43-33-15-6-4-13-31(33)42(32-14-5-7-16-34(32)43)29-21-23-36-41(27-29)49-40-24-22-28-25-26-48-46(28)45(36)40/h1-27H. The Bertz CT molecular complexity index is 3050. The van der Waals surface area contributed by atoms with Crippen LogP contribution in [0, 0.1) is 0 Å². The van der Waals surface area contributed by atoms with Gasteiger partial charge >= 0.3 is 0 Å². The molecule has 0 bridgehead atoms. The molecular weight excluding hydrogens is 599 g/mol. The number of fused-ring (bicyclic) bond motifs is 10. The van der Waals surface area contributed by atoms with Crippen molar-refractivity contribution in [2.24, 2.45) is 0 Å². The van der Waals surface area contributed by atoms with Crippen LogP contribution in [0.5, 0.6) is 0 Å². The molecule has 0 N–H and O–H groups in total. The van der Waals surface area contributed by atoms with Gasteiger partial charge in [0.05, 0.1) is 22.7 Å². The molecular formula is C46H27NO2. The molecule has 0 saturated carbocycles. The Kier molecular flexibility index (Phi) is 5.38. The Balaban J connectivity index is 1.23. The molecule has 11 rings (SSSR count). The van der Waals surface area contributed by atoms with E-state index in [1.165, 1.54) is 60.0 Å². The Hall–Kier alpha value is -6.58. The zero-order valence-corrected chi connectivity index (χ0v) is 26.4. The molecule has 8 aromatic carbocycles. The van der Waals surface area contributed by atoms with Crippen LogP contribution < -0.4 is 0 Å². The van der Waals surface area contributed by atoms with E-state index in [-0.39, 0.29) is 0 Å². The van der Waals surface area contributed by atoms with E-state index in [4.69, 9.17) is 8.83 Å². The Morgan fingerprint density at radius 2 is 1.10 bits per heavy atom. The van der Waals surface area contributed by atoms with Gasteiger partial charge in [0.1, 0.15) is 16.7 Å². The first-order valence-corrected chi connectivity index (χ1v) is 16.7. The van der Waals surface area contributed by atoms with Crippen molar-refractivity contribution < 1.29 is 8.83 Å². The van der Waals surface area contributed by atoms with Gasteiger partial charge in [0.2, 0.25) is 0 Å². The van der Waals surface area contributed by atoms with E-state index in [1.54, 1.807) is 6.26 Å². The van der Waals surface area contributed by atoms with Gasteiger partial charge in [-0.25, -0.2) is 0 Å². The fourth-order valence-electron chi connectivity index (χ4n) is 8.25. The molecule has 49 heavy (non-hydrogen) atoms. The number of benzene rings is 8. The van der Waals surface area contributed by atoms with E-state index in [9.17, 15) is 0 Å². The van der Waals surface area contributed by atoms with E-state index in [0.717, 1.165) is 44.2 Å². The van der Waals surface area contributed by atoms with Crippen LogP contribution in [-0.2, 0) is 0 Å². The highest BCUT2D eigenvalue weighted by molar-refractivity contribution is 6.27. The van der Waals surface area contributed by atoms with E-state index in [1.807, 2.05) is 12.1 Å². The molecule has 3 nitrogen and oxygen atoms in total. The van der Waals surface area contributed by atoms with Gasteiger partial charge in [-0.3, -0.25) is 0 Å². The molecule has 3 aromatic heterocycles. The molecule has 0 saturated heterocycles. The number of aromatic nitrogens is 1. The van der Waals surface area contributed by atoms with Gasteiger partial charge in [0.25, 0.3) is 0 Å². The third kappa shape index (κ3) is 3.67. The molecule has 0 aliphatic rings. The molecule has 0 fully saturated rings. The molecule has 0 amide bonds. The summed E-state index contributed by atoms with van der Waals surface area (Å²) < 4.78 is 14.8. The first kappa shape index (κ1) is 26.5. The number of furan rings is 2. The predicted octanol–water partition coefficient (Wildman–Crippen LogP) is 13.1. The van der Waals surface area contributed by atoms with Crippen LogP contribution in [0.1, 0.15) is 0 Å². The highest BCUT2D eigenvalue weighted by Crippen LogP contribution is 2.48.